The predicted molar refractivity (Wildman–Crippen MR) is 56.0 cm³/mol. The smallest absolute Gasteiger partial charge is 0.224 e. The molecular weight excluding hydrogens is 176 g/mol. The summed E-state index contributed by atoms with van der Waals surface area (Å²) in [4.78, 5) is 11.9. The summed E-state index contributed by atoms with van der Waals surface area (Å²) < 4.78 is 0. The first kappa shape index (κ1) is 9.97. The Kier molecular flexibility index (Phi) is 2.77. The molecule has 0 bridgehead atoms. The minimum atomic E-state index is 0.166. The van der Waals surface area contributed by atoms with E-state index in [9.17, 15) is 4.79 Å². The van der Waals surface area contributed by atoms with Crippen LogP contribution in [0.4, 0.5) is 0 Å². The van der Waals surface area contributed by atoms with E-state index in [-0.39, 0.29) is 17.4 Å². The molecule has 0 spiro atoms. The number of carbonyl (C=O) groups is 1. The van der Waals surface area contributed by atoms with Crippen LogP contribution in [0, 0.1) is 5.92 Å². The van der Waals surface area contributed by atoms with Crippen LogP contribution in [-0.4, -0.2) is 24.5 Å². The molecule has 2 N–H and O–H groups in total. The van der Waals surface area contributed by atoms with Gasteiger partial charge in [0.15, 0.2) is 0 Å². The Hall–Kier alpha value is -0.570. The third-order valence-corrected chi connectivity index (χ3v) is 3.81. The summed E-state index contributed by atoms with van der Waals surface area (Å²) in [6.45, 7) is 4.04. The van der Waals surface area contributed by atoms with Crippen molar-refractivity contribution < 1.29 is 4.79 Å². The average Bonchev–Trinajstić information content (AvgIpc) is 2.63. The zero-order valence-corrected chi connectivity index (χ0v) is 8.94. The van der Waals surface area contributed by atoms with Gasteiger partial charge in [-0.05, 0) is 38.6 Å². The summed E-state index contributed by atoms with van der Waals surface area (Å²) in [5, 5.41) is 6.47. The number of nitrogens with one attached hydrogen (secondary N) is 2. The van der Waals surface area contributed by atoms with Crippen LogP contribution in [0.3, 0.4) is 0 Å². The van der Waals surface area contributed by atoms with Gasteiger partial charge in [0.2, 0.25) is 5.91 Å². The predicted octanol–water partition coefficient (Wildman–Crippen LogP) is 1.04. The maximum absolute atomic E-state index is 11.9. The van der Waals surface area contributed by atoms with Crippen molar-refractivity contribution in [2.24, 2.45) is 5.92 Å². The Bertz CT molecular complexity index is 212. The molecule has 0 radical (unpaired) electrons. The highest BCUT2D eigenvalue weighted by Crippen LogP contribution is 2.34. The molecule has 80 valence electrons. The normalized spacial score (nSPS) is 29.6. The standard InChI is InChI=1S/C11H20N2O/c1-2-11(5-3-6-11)13-10(14)9-4-7-12-8-9/h9,12H,2-8H2,1H3,(H,13,14)/t9-/m1/s1. The van der Waals surface area contributed by atoms with E-state index in [4.69, 9.17) is 0 Å². The summed E-state index contributed by atoms with van der Waals surface area (Å²) in [5.74, 6) is 0.496. The number of amides is 1. The van der Waals surface area contributed by atoms with Crippen LogP contribution < -0.4 is 10.6 Å². The number of hydrogen-bond acceptors (Lipinski definition) is 2. The molecule has 0 aromatic heterocycles. The van der Waals surface area contributed by atoms with E-state index in [0.29, 0.717) is 0 Å². The fourth-order valence-electron chi connectivity index (χ4n) is 2.41. The molecule has 2 fully saturated rings. The zero-order valence-electron chi connectivity index (χ0n) is 8.94. The van der Waals surface area contributed by atoms with Gasteiger partial charge in [-0.25, -0.2) is 0 Å². The monoisotopic (exact) mass is 196 g/mol. The molecule has 1 aliphatic carbocycles. The highest BCUT2D eigenvalue weighted by atomic mass is 16.2. The highest BCUT2D eigenvalue weighted by molar-refractivity contribution is 5.80. The summed E-state index contributed by atoms with van der Waals surface area (Å²) >= 11 is 0. The van der Waals surface area contributed by atoms with Crippen LogP contribution >= 0.6 is 0 Å². The lowest BCUT2D eigenvalue weighted by molar-refractivity contribution is -0.127. The second-order valence-corrected chi connectivity index (χ2v) is 4.67. The van der Waals surface area contributed by atoms with Gasteiger partial charge < -0.3 is 10.6 Å². The van der Waals surface area contributed by atoms with Crippen LogP contribution in [0.25, 0.3) is 0 Å². The van der Waals surface area contributed by atoms with Crippen LogP contribution in [0.5, 0.6) is 0 Å². The molecule has 0 unspecified atom stereocenters. The third-order valence-electron chi connectivity index (χ3n) is 3.81. The molecule has 3 nitrogen and oxygen atoms in total. The molecule has 1 saturated carbocycles. The van der Waals surface area contributed by atoms with Gasteiger partial charge in [0.05, 0.1) is 5.92 Å². The Labute approximate surface area is 85.6 Å². The van der Waals surface area contributed by atoms with E-state index < -0.39 is 0 Å². The maximum Gasteiger partial charge on any atom is 0.224 e. The molecule has 2 aliphatic rings. The Morgan fingerprint density at radius 1 is 1.57 bits per heavy atom. The van der Waals surface area contributed by atoms with Crippen molar-refractivity contribution in [1.82, 2.24) is 10.6 Å². The molecule has 0 aromatic rings. The molecule has 3 heteroatoms. The van der Waals surface area contributed by atoms with Gasteiger partial charge in [0, 0.05) is 12.1 Å². The van der Waals surface area contributed by atoms with Gasteiger partial charge in [-0.3, -0.25) is 4.79 Å². The van der Waals surface area contributed by atoms with Gasteiger partial charge in [-0.15, -0.1) is 0 Å². The minimum absolute atomic E-state index is 0.166. The van der Waals surface area contributed by atoms with Crippen molar-refractivity contribution in [3.63, 3.8) is 0 Å². The van der Waals surface area contributed by atoms with Crippen LogP contribution in [0.1, 0.15) is 39.0 Å². The summed E-state index contributed by atoms with van der Waals surface area (Å²) in [6, 6.07) is 0. The zero-order chi connectivity index (χ0) is 10.0. The van der Waals surface area contributed by atoms with E-state index in [1.165, 1.54) is 19.3 Å². The lowest BCUT2D eigenvalue weighted by Crippen LogP contribution is -2.54. The molecule has 2 rings (SSSR count). The number of hydrogen-bond donors (Lipinski definition) is 2. The topological polar surface area (TPSA) is 41.1 Å². The van der Waals surface area contributed by atoms with Crippen molar-refractivity contribution in [3.8, 4) is 0 Å². The van der Waals surface area contributed by atoms with Crippen molar-refractivity contribution in [3.05, 3.63) is 0 Å². The minimum Gasteiger partial charge on any atom is -0.350 e. The molecule has 1 atom stereocenters. The lowest BCUT2D eigenvalue weighted by atomic mass is 9.74. The fourth-order valence-corrected chi connectivity index (χ4v) is 2.41. The van der Waals surface area contributed by atoms with Crippen LogP contribution in [0.2, 0.25) is 0 Å². The molecule has 1 aliphatic heterocycles. The van der Waals surface area contributed by atoms with Gasteiger partial charge in [0.25, 0.3) is 0 Å². The van der Waals surface area contributed by atoms with Crippen LogP contribution in [-0.2, 0) is 4.79 Å². The number of carbonyl (C=O) groups excluding carboxylic acids is 1. The summed E-state index contributed by atoms with van der Waals surface area (Å²) in [7, 11) is 0. The Morgan fingerprint density at radius 2 is 2.36 bits per heavy atom. The summed E-state index contributed by atoms with van der Waals surface area (Å²) in [6.07, 6.45) is 5.71. The average molecular weight is 196 g/mol. The first-order valence-electron chi connectivity index (χ1n) is 5.78. The fraction of sp³-hybridized carbons (Fsp3) is 0.909. The molecule has 1 heterocycles. The van der Waals surface area contributed by atoms with Gasteiger partial charge in [-0.2, -0.15) is 0 Å². The molecule has 0 aromatic carbocycles. The molecule has 14 heavy (non-hydrogen) atoms. The van der Waals surface area contributed by atoms with Crippen molar-refractivity contribution >= 4 is 5.91 Å². The summed E-state index contributed by atoms with van der Waals surface area (Å²) in [5.41, 5.74) is 0.166. The van der Waals surface area contributed by atoms with Gasteiger partial charge >= 0.3 is 0 Å². The van der Waals surface area contributed by atoms with Crippen molar-refractivity contribution in [2.75, 3.05) is 13.1 Å². The largest absolute Gasteiger partial charge is 0.350 e. The van der Waals surface area contributed by atoms with E-state index in [1.54, 1.807) is 0 Å². The molecular formula is C11H20N2O. The van der Waals surface area contributed by atoms with E-state index in [0.717, 1.165) is 25.9 Å². The number of rotatable bonds is 3. The van der Waals surface area contributed by atoms with Gasteiger partial charge in [0.1, 0.15) is 0 Å². The van der Waals surface area contributed by atoms with E-state index in [2.05, 4.69) is 17.6 Å². The Balaban J connectivity index is 1.86. The first-order valence-corrected chi connectivity index (χ1v) is 5.78. The van der Waals surface area contributed by atoms with Crippen molar-refractivity contribution in [1.29, 1.82) is 0 Å². The SMILES string of the molecule is CCC1(NC(=O)[C@@H]2CCNC2)CCC1. The molecule has 1 amide bonds. The third kappa shape index (κ3) is 1.78. The second-order valence-electron chi connectivity index (χ2n) is 4.67. The second kappa shape index (κ2) is 3.89. The van der Waals surface area contributed by atoms with Crippen LogP contribution in [0.15, 0.2) is 0 Å². The highest BCUT2D eigenvalue weighted by Gasteiger charge is 2.38. The molecule has 1 saturated heterocycles. The van der Waals surface area contributed by atoms with E-state index in [1.807, 2.05) is 0 Å². The first-order chi connectivity index (χ1) is 6.76. The van der Waals surface area contributed by atoms with E-state index >= 15 is 0 Å². The van der Waals surface area contributed by atoms with Crippen molar-refractivity contribution in [2.45, 2.75) is 44.6 Å². The Morgan fingerprint density at radius 3 is 2.79 bits per heavy atom. The maximum atomic E-state index is 11.9. The quantitative estimate of drug-likeness (QED) is 0.708. The van der Waals surface area contributed by atoms with Gasteiger partial charge in [-0.1, -0.05) is 6.92 Å². The lowest BCUT2D eigenvalue weighted by Gasteiger charge is -2.42.